The molecule has 0 amide bonds. The van der Waals surface area contributed by atoms with E-state index in [4.69, 9.17) is 0 Å². The van der Waals surface area contributed by atoms with Gasteiger partial charge in [0, 0.05) is 19.2 Å². The quantitative estimate of drug-likeness (QED) is 0.846. The summed E-state index contributed by atoms with van der Waals surface area (Å²) in [4.78, 5) is 4.19. The largest absolute Gasteiger partial charge is 0.354 e. The minimum atomic E-state index is 0.617. The van der Waals surface area contributed by atoms with Gasteiger partial charge in [-0.25, -0.2) is 4.98 Å². The van der Waals surface area contributed by atoms with Crippen molar-refractivity contribution >= 4 is 16.5 Å². The molecule has 6 heteroatoms. The minimum absolute atomic E-state index is 0.617. The van der Waals surface area contributed by atoms with Crippen molar-refractivity contribution in [3.63, 3.8) is 0 Å². The van der Waals surface area contributed by atoms with E-state index in [0.29, 0.717) is 5.92 Å². The Morgan fingerprint density at radius 2 is 2.21 bits per heavy atom. The summed E-state index contributed by atoms with van der Waals surface area (Å²) in [5.74, 6) is 0.617. The molecule has 0 saturated carbocycles. The summed E-state index contributed by atoms with van der Waals surface area (Å²) in [5, 5.41) is 13.7. The van der Waals surface area contributed by atoms with E-state index in [9.17, 15) is 0 Å². The van der Waals surface area contributed by atoms with Crippen LogP contribution in [-0.2, 0) is 19.5 Å². The Morgan fingerprint density at radius 3 is 2.95 bits per heavy atom. The van der Waals surface area contributed by atoms with Crippen LogP contribution in [0.25, 0.3) is 0 Å². The second-order valence-electron chi connectivity index (χ2n) is 5.03. The van der Waals surface area contributed by atoms with Gasteiger partial charge < -0.3 is 9.88 Å². The third-order valence-corrected chi connectivity index (χ3v) is 3.64. The molecular weight excluding hydrogens is 258 g/mol. The molecule has 0 bridgehead atoms. The van der Waals surface area contributed by atoms with E-state index >= 15 is 0 Å². The van der Waals surface area contributed by atoms with Gasteiger partial charge in [-0.15, -0.1) is 10.2 Å². The second kappa shape index (κ2) is 6.65. The molecule has 2 aromatic heterocycles. The molecule has 104 valence electrons. The average molecular weight is 279 g/mol. The van der Waals surface area contributed by atoms with E-state index in [1.165, 1.54) is 5.69 Å². The van der Waals surface area contributed by atoms with E-state index < -0.39 is 0 Å². The molecule has 0 aliphatic heterocycles. The summed E-state index contributed by atoms with van der Waals surface area (Å²) in [6.07, 6.45) is 5.89. The Morgan fingerprint density at radius 1 is 1.37 bits per heavy atom. The predicted molar refractivity (Wildman–Crippen MR) is 78.3 cm³/mol. The molecule has 0 aromatic carbocycles. The third kappa shape index (κ3) is 4.02. The van der Waals surface area contributed by atoms with Crippen molar-refractivity contribution in [2.24, 2.45) is 5.92 Å². The number of rotatable bonds is 7. The average Bonchev–Trinajstić information content (AvgIpc) is 2.96. The summed E-state index contributed by atoms with van der Waals surface area (Å²) in [5.41, 5.74) is 1.18. The lowest BCUT2D eigenvalue weighted by Crippen LogP contribution is -2.06. The van der Waals surface area contributed by atoms with Crippen LogP contribution >= 0.6 is 11.3 Å². The number of nitrogens with one attached hydrogen (secondary N) is 1. The lowest BCUT2D eigenvalue weighted by molar-refractivity contribution is 0.639. The molecule has 2 rings (SSSR count). The smallest absolute Gasteiger partial charge is 0.205 e. The number of hydrogen-bond donors (Lipinski definition) is 1. The van der Waals surface area contributed by atoms with Crippen LogP contribution in [0.4, 0.5) is 5.13 Å². The topological polar surface area (TPSA) is 55.6 Å². The highest BCUT2D eigenvalue weighted by atomic mass is 32.1. The SMILES string of the molecule is CCCn1cncc1CNc1nnc(CC(C)C)s1. The molecule has 2 aromatic rings. The number of aryl methyl sites for hydroxylation is 1. The molecule has 0 aliphatic rings. The zero-order chi connectivity index (χ0) is 13.7. The number of nitrogens with zero attached hydrogens (tertiary/aromatic N) is 4. The van der Waals surface area contributed by atoms with Gasteiger partial charge >= 0.3 is 0 Å². The first-order valence-electron chi connectivity index (χ1n) is 6.74. The maximum Gasteiger partial charge on any atom is 0.205 e. The molecule has 0 atom stereocenters. The molecule has 0 radical (unpaired) electrons. The van der Waals surface area contributed by atoms with Crippen molar-refractivity contribution in [2.75, 3.05) is 5.32 Å². The van der Waals surface area contributed by atoms with Gasteiger partial charge in [0.1, 0.15) is 5.01 Å². The van der Waals surface area contributed by atoms with Crippen molar-refractivity contribution in [3.8, 4) is 0 Å². The van der Waals surface area contributed by atoms with Gasteiger partial charge in [0.25, 0.3) is 0 Å². The first-order chi connectivity index (χ1) is 9.19. The van der Waals surface area contributed by atoms with Gasteiger partial charge in [0.15, 0.2) is 0 Å². The Bertz CT molecular complexity index is 503. The summed E-state index contributed by atoms with van der Waals surface area (Å²) >= 11 is 1.64. The molecule has 19 heavy (non-hydrogen) atoms. The maximum absolute atomic E-state index is 4.20. The molecule has 0 unspecified atom stereocenters. The van der Waals surface area contributed by atoms with Crippen molar-refractivity contribution in [1.82, 2.24) is 19.7 Å². The van der Waals surface area contributed by atoms with Crippen LogP contribution in [0.2, 0.25) is 0 Å². The van der Waals surface area contributed by atoms with Gasteiger partial charge in [0.2, 0.25) is 5.13 Å². The summed E-state index contributed by atoms with van der Waals surface area (Å²) in [6, 6.07) is 0. The molecule has 1 N–H and O–H groups in total. The molecule has 0 spiro atoms. The monoisotopic (exact) mass is 279 g/mol. The lowest BCUT2D eigenvalue weighted by Gasteiger charge is -2.06. The van der Waals surface area contributed by atoms with Crippen LogP contribution in [0.1, 0.15) is 37.9 Å². The predicted octanol–water partition coefficient (Wildman–Crippen LogP) is 2.96. The third-order valence-electron chi connectivity index (χ3n) is 2.73. The number of imidazole rings is 1. The van der Waals surface area contributed by atoms with E-state index in [1.54, 1.807) is 11.3 Å². The summed E-state index contributed by atoms with van der Waals surface area (Å²) in [6.45, 7) is 8.30. The highest BCUT2D eigenvalue weighted by molar-refractivity contribution is 7.15. The van der Waals surface area contributed by atoms with Crippen LogP contribution in [-0.4, -0.2) is 19.7 Å². The summed E-state index contributed by atoms with van der Waals surface area (Å²) < 4.78 is 2.17. The standard InChI is InChI=1S/C13H21N5S/c1-4-5-18-9-14-7-11(18)8-15-13-17-16-12(19-13)6-10(2)3/h7,9-10H,4-6,8H2,1-3H3,(H,15,17). The number of hydrogen-bond acceptors (Lipinski definition) is 5. The van der Waals surface area contributed by atoms with Crippen molar-refractivity contribution in [2.45, 2.75) is 46.7 Å². The van der Waals surface area contributed by atoms with E-state index in [2.05, 4.69) is 45.8 Å². The maximum atomic E-state index is 4.20. The highest BCUT2D eigenvalue weighted by Gasteiger charge is 2.07. The summed E-state index contributed by atoms with van der Waals surface area (Å²) in [7, 11) is 0. The van der Waals surface area contributed by atoms with Gasteiger partial charge in [-0.1, -0.05) is 32.1 Å². The zero-order valence-corrected chi connectivity index (χ0v) is 12.6. The Balaban J connectivity index is 1.91. The van der Waals surface area contributed by atoms with Crippen LogP contribution in [0.15, 0.2) is 12.5 Å². The fraction of sp³-hybridized carbons (Fsp3) is 0.615. The first-order valence-corrected chi connectivity index (χ1v) is 7.56. The van der Waals surface area contributed by atoms with E-state index in [1.807, 2.05) is 12.5 Å². The van der Waals surface area contributed by atoms with Crippen LogP contribution in [0, 0.1) is 5.92 Å². The second-order valence-corrected chi connectivity index (χ2v) is 6.09. The fourth-order valence-electron chi connectivity index (χ4n) is 1.86. The zero-order valence-electron chi connectivity index (χ0n) is 11.8. The molecule has 2 heterocycles. The Hall–Kier alpha value is -1.43. The Kier molecular flexibility index (Phi) is 4.90. The molecule has 0 fully saturated rings. The first kappa shape index (κ1) is 14.0. The fourth-order valence-corrected chi connectivity index (χ4v) is 2.81. The van der Waals surface area contributed by atoms with Crippen LogP contribution in [0.3, 0.4) is 0 Å². The lowest BCUT2D eigenvalue weighted by atomic mass is 10.1. The van der Waals surface area contributed by atoms with Gasteiger partial charge in [-0.3, -0.25) is 0 Å². The number of anilines is 1. The van der Waals surface area contributed by atoms with Gasteiger partial charge in [0.05, 0.1) is 18.6 Å². The normalized spacial score (nSPS) is 11.2. The van der Waals surface area contributed by atoms with Gasteiger partial charge in [-0.2, -0.15) is 0 Å². The molecule has 5 nitrogen and oxygen atoms in total. The van der Waals surface area contributed by atoms with Crippen LogP contribution < -0.4 is 5.32 Å². The van der Waals surface area contributed by atoms with Crippen molar-refractivity contribution < 1.29 is 0 Å². The van der Waals surface area contributed by atoms with E-state index in [0.717, 1.165) is 36.1 Å². The minimum Gasteiger partial charge on any atom is -0.354 e. The van der Waals surface area contributed by atoms with Crippen LogP contribution in [0.5, 0.6) is 0 Å². The van der Waals surface area contributed by atoms with Crippen molar-refractivity contribution in [1.29, 1.82) is 0 Å². The number of aromatic nitrogens is 4. The Labute approximate surface area is 118 Å². The molecule has 0 aliphatic carbocycles. The van der Waals surface area contributed by atoms with Gasteiger partial charge in [-0.05, 0) is 12.3 Å². The van der Waals surface area contributed by atoms with Crippen molar-refractivity contribution in [3.05, 3.63) is 23.2 Å². The molecular formula is C13H21N5S. The molecule has 0 saturated heterocycles. The van der Waals surface area contributed by atoms with E-state index in [-0.39, 0.29) is 0 Å². The highest BCUT2D eigenvalue weighted by Crippen LogP contribution is 2.18.